The summed E-state index contributed by atoms with van der Waals surface area (Å²) in [5, 5.41) is 0.667. The average molecular weight is 511 g/mol. The predicted octanol–water partition coefficient (Wildman–Crippen LogP) is 3.77. The van der Waals surface area contributed by atoms with E-state index >= 15 is 0 Å². The van der Waals surface area contributed by atoms with Crippen molar-refractivity contribution >= 4 is 21.8 Å². The van der Waals surface area contributed by atoms with E-state index in [9.17, 15) is 13.2 Å². The Balaban J connectivity index is 1.21. The molecule has 1 saturated carbocycles. The number of hydrogen-bond acceptors (Lipinski definition) is 6. The molecule has 1 aromatic heterocycles. The van der Waals surface area contributed by atoms with Gasteiger partial charge in [0.25, 0.3) is 5.56 Å². The molecule has 0 bridgehead atoms. The first-order valence-corrected chi connectivity index (χ1v) is 14.6. The van der Waals surface area contributed by atoms with Crippen molar-refractivity contribution in [2.45, 2.75) is 72.8 Å². The number of nitrogens with one attached hydrogen (secondary N) is 2. The van der Waals surface area contributed by atoms with Crippen LogP contribution in [0.3, 0.4) is 0 Å². The second kappa shape index (κ2) is 10.3. The Hall–Kier alpha value is -2.46. The number of aromatic amines is 1. The Labute approximate surface area is 210 Å². The summed E-state index contributed by atoms with van der Waals surface area (Å²) in [6.45, 7) is 0. The van der Waals surface area contributed by atoms with Crippen molar-refractivity contribution < 1.29 is 8.42 Å². The van der Waals surface area contributed by atoms with Gasteiger partial charge in [-0.1, -0.05) is 54.6 Å². The van der Waals surface area contributed by atoms with Crippen LogP contribution < -0.4 is 16.0 Å². The molecule has 4 N–H and O–H groups in total. The molecule has 0 radical (unpaired) electrons. The van der Waals surface area contributed by atoms with Gasteiger partial charge in [-0.25, -0.2) is 18.1 Å². The van der Waals surface area contributed by atoms with Gasteiger partial charge in [-0.15, -0.1) is 0 Å². The number of nitrogens with zero attached hydrogens (tertiary/aromatic N) is 1. The minimum atomic E-state index is -3.57. The molecule has 3 aromatic rings. The maximum absolute atomic E-state index is 12.8. The molecular weight excluding hydrogens is 480 g/mol. The number of aryl methyl sites for hydroxylation is 1. The van der Waals surface area contributed by atoms with E-state index in [0.717, 1.165) is 66.5 Å². The number of fused-ring (bicyclic) bond motifs is 1. The largest absolute Gasteiger partial charge is 0.328 e. The second-order valence-corrected chi connectivity index (χ2v) is 12.1. The fourth-order valence-corrected chi connectivity index (χ4v) is 7.00. The summed E-state index contributed by atoms with van der Waals surface area (Å²) in [6, 6.07) is 15.1. The zero-order valence-electron chi connectivity index (χ0n) is 19.5. The Morgan fingerprint density at radius 2 is 1.71 bits per heavy atom. The number of rotatable bonds is 7. The molecule has 2 aliphatic carbocycles. The molecule has 0 aliphatic heterocycles. The Morgan fingerprint density at radius 1 is 1.00 bits per heavy atom. The summed E-state index contributed by atoms with van der Waals surface area (Å²) in [6.07, 6.45) is 6.11. The lowest BCUT2D eigenvalue weighted by atomic mass is 9.92. The second-order valence-electron chi connectivity index (χ2n) is 9.40. The Morgan fingerprint density at radius 3 is 2.43 bits per heavy atom. The molecular formula is C26H30N4O3S2. The van der Waals surface area contributed by atoms with Crippen molar-refractivity contribution in [1.82, 2.24) is 14.7 Å². The first-order valence-electron chi connectivity index (χ1n) is 12.1. The number of hydrogen-bond donors (Lipinski definition) is 3. The first-order chi connectivity index (χ1) is 16.9. The zero-order valence-corrected chi connectivity index (χ0v) is 21.1. The molecule has 2 aliphatic rings. The van der Waals surface area contributed by atoms with E-state index in [1.807, 2.05) is 36.4 Å². The van der Waals surface area contributed by atoms with Gasteiger partial charge in [0.1, 0.15) is 0 Å². The molecule has 1 fully saturated rings. The number of thioether (sulfide) groups is 1. The van der Waals surface area contributed by atoms with Crippen molar-refractivity contribution in [3.05, 3.63) is 75.7 Å². The summed E-state index contributed by atoms with van der Waals surface area (Å²) < 4.78 is 28.4. The van der Waals surface area contributed by atoms with Gasteiger partial charge in [0.05, 0.1) is 10.6 Å². The third-order valence-electron chi connectivity index (χ3n) is 6.78. The van der Waals surface area contributed by atoms with Gasteiger partial charge >= 0.3 is 0 Å². The third kappa shape index (κ3) is 5.69. The molecule has 0 spiro atoms. The van der Waals surface area contributed by atoms with Gasteiger partial charge in [0.2, 0.25) is 10.0 Å². The monoisotopic (exact) mass is 510 g/mol. The molecule has 0 amide bonds. The number of sulfonamides is 1. The highest BCUT2D eigenvalue weighted by molar-refractivity contribution is 7.98. The van der Waals surface area contributed by atoms with Crippen LogP contribution in [0.1, 0.15) is 48.9 Å². The van der Waals surface area contributed by atoms with Crippen LogP contribution >= 0.6 is 11.8 Å². The topological polar surface area (TPSA) is 118 Å². The van der Waals surface area contributed by atoms with Crippen LogP contribution in [0.4, 0.5) is 0 Å². The van der Waals surface area contributed by atoms with Crippen LogP contribution in [0.15, 0.2) is 63.4 Å². The molecule has 7 nitrogen and oxygen atoms in total. The first kappa shape index (κ1) is 24.2. The predicted molar refractivity (Wildman–Crippen MR) is 139 cm³/mol. The van der Waals surface area contributed by atoms with Crippen LogP contribution in [-0.4, -0.2) is 30.5 Å². The SMILES string of the molecule is NC1CCCC(NS(=O)(=O)c2ccc(-c3ccc(CSc4nc5c(c(=O)[nH]4)CCC5)cc3)cc2)C1. The summed E-state index contributed by atoms with van der Waals surface area (Å²) in [4.78, 5) is 20.0. The summed E-state index contributed by atoms with van der Waals surface area (Å²) in [5.74, 6) is 0.704. The van der Waals surface area contributed by atoms with Crippen molar-refractivity contribution in [2.24, 2.45) is 5.73 Å². The zero-order chi connectivity index (χ0) is 24.4. The van der Waals surface area contributed by atoms with Crippen LogP contribution in [-0.2, 0) is 28.6 Å². The maximum Gasteiger partial charge on any atom is 0.254 e. The van der Waals surface area contributed by atoms with Crippen molar-refractivity contribution in [2.75, 3.05) is 0 Å². The third-order valence-corrected chi connectivity index (χ3v) is 9.26. The van der Waals surface area contributed by atoms with Gasteiger partial charge < -0.3 is 10.7 Å². The summed E-state index contributed by atoms with van der Waals surface area (Å²) in [5.41, 5.74) is 10.9. The molecule has 5 rings (SSSR count). The van der Waals surface area contributed by atoms with E-state index < -0.39 is 10.0 Å². The standard InChI is InChI=1S/C26H30N4O3S2/c27-20-3-1-4-21(15-20)30-35(32,33)22-13-11-19(12-14-22)18-9-7-17(8-10-18)16-34-26-28-24-6-2-5-23(24)25(31)29-26/h7-14,20-21,30H,1-6,15-16,27H2,(H,28,29,31). The molecule has 0 saturated heterocycles. The van der Waals surface area contributed by atoms with Crippen LogP contribution in [0.25, 0.3) is 11.1 Å². The molecule has 2 aromatic carbocycles. The molecule has 35 heavy (non-hydrogen) atoms. The van der Waals surface area contributed by atoms with E-state index in [1.54, 1.807) is 12.1 Å². The summed E-state index contributed by atoms with van der Waals surface area (Å²) >= 11 is 1.53. The number of H-pyrrole nitrogens is 1. The maximum atomic E-state index is 12.8. The molecule has 2 unspecified atom stereocenters. The molecule has 2 atom stereocenters. The smallest absolute Gasteiger partial charge is 0.254 e. The quantitative estimate of drug-likeness (QED) is 0.329. The average Bonchev–Trinajstić information content (AvgIpc) is 3.32. The molecule has 184 valence electrons. The van der Waals surface area contributed by atoms with Crippen molar-refractivity contribution in [3.8, 4) is 11.1 Å². The van der Waals surface area contributed by atoms with Crippen LogP contribution in [0, 0.1) is 0 Å². The summed E-state index contributed by atoms with van der Waals surface area (Å²) in [7, 11) is -3.57. The Kier molecular flexibility index (Phi) is 7.11. The van der Waals surface area contributed by atoms with E-state index in [0.29, 0.717) is 17.3 Å². The molecule has 9 heteroatoms. The normalized spacial score (nSPS) is 20.0. The molecule has 1 heterocycles. The van der Waals surface area contributed by atoms with Crippen molar-refractivity contribution in [1.29, 1.82) is 0 Å². The number of benzene rings is 2. The fourth-order valence-electron chi connectivity index (χ4n) is 4.88. The van der Waals surface area contributed by atoms with E-state index in [1.165, 1.54) is 11.8 Å². The van der Waals surface area contributed by atoms with Gasteiger partial charge in [-0.05, 0) is 67.3 Å². The van der Waals surface area contributed by atoms with Gasteiger partial charge in [-0.3, -0.25) is 4.79 Å². The lowest BCUT2D eigenvalue weighted by Crippen LogP contribution is -2.42. The van der Waals surface area contributed by atoms with Crippen LogP contribution in [0.2, 0.25) is 0 Å². The number of nitrogens with two attached hydrogens (primary N) is 1. The van der Waals surface area contributed by atoms with Crippen LogP contribution in [0.5, 0.6) is 0 Å². The highest BCUT2D eigenvalue weighted by Gasteiger charge is 2.25. The van der Waals surface area contributed by atoms with Gasteiger partial charge in [-0.2, -0.15) is 0 Å². The lowest BCUT2D eigenvalue weighted by Gasteiger charge is -2.27. The number of aromatic nitrogens is 2. The van der Waals surface area contributed by atoms with E-state index in [4.69, 9.17) is 5.73 Å². The van der Waals surface area contributed by atoms with Crippen molar-refractivity contribution in [3.63, 3.8) is 0 Å². The van der Waals surface area contributed by atoms with Gasteiger partial charge in [0, 0.05) is 23.4 Å². The fraction of sp³-hybridized carbons (Fsp3) is 0.385. The Bertz CT molecular complexity index is 1350. The van der Waals surface area contributed by atoms with E-state index in [2.05, 4.69) is 14.7 Å². The van der Waals surface area contributed by atoms with E-state index in [-0.39, 0.29) is 22.5 Å². The minimum absolute atomic E-state index is 0.00618. The highest BCUT2D eigenvalue weighted by Crippen LogP contribution is 2.26. The lowest BCUT2D eigenvalue weighted by molar-refractivity contribution is 0.371. The van der Waals surface area contributed by atoms with Gasteiger partial charge in [0.15, 0.2) is 5.16 Å². The minimum Gasteiger partial charge on any atom is -0.328 e. The highest BCUT2D eigenvalue weighted by atomic mass is 32.2.